The lowest BCUT2D eigenvalue weighted by Gasteiger charge is -2.14. The number of carbonyl (C=O) groups excluding carboxylic acids is 1. The number of hydrogen-bond acceptors (Lipinski definition) is 4. The predicted octanol–water partition coefficient (Wildman–Crippen LogP) is 3.54. The van der Waals surface area contributed by atoms with E-state index in [1.54, 1.807) is 18.2 Å². The van der Waals surface area contributed by atoms with E-state index in [-0.39, 0.29) is 33.0 Å². The number of carbonyl (C=O) groups is 1. The highest BCUT2D eigenvalue weighted by atomic mass is 35.5. The van der Waals surface area contributed by atoms with Crippen LogP contribution in [-0.2, 0) is 10.0 Å². The second-order valence-electron chi connectivity index (χ2n) is 6.05. The van der Waals surface area contributed by atoms with E-state index in [0.717, 1.165) is 0 Å². The molecule has 0 spiro atoms. The van der Waals surface area contributed by atoms with Crippen LogP contribution in [0.15, 0.2) is 47.4 Å². The molecule has 0 saturated heterocycles. The summed E-state index contributed by atoms with van der Waals surface area (Å²) < 4.78 is 32.8. The van der Waals surface area contributed by atoms with E-state index >= 15 is 0 Å². The summed E-state index contributed by atoms with van der Waals surface area (Å²) in [4.78, 5) is 12.3. The standard InChI is InChI=1S/C18H21ClN2O4S/c1-12(2)11-20-18(22)14-6-4-5-7-16(14)21-26(23,24)13-8-9-17(25-3)15(19)10-13/h4-10,12,21H,11H2,1-3H3,(H,20,22). The molecule has 0 saturated carbocycles. The average molecular weight is 397 g/mol. The molecule has 1 amide bonds. The number of ether oxygens (including phenoxy) is 1. The van der Waals surface area contributed by atoms with Crippen molar-refractivity contribution in [3.05, 3.63) is 53.1 Å². The zero-order valence-electron chi connectivity index (χ0n) is 14.7. The van der Waals surface area contributed by atoms with Gasteiger partial charge in [-0.25, -0.2) is 8.42 Å². The number of sulfonamides is 1. The maximum atomic E-state index is 12.7. The van der Waals surface area contributed by atoms with E-state index in [9.17, 15) is 13.2 Å². The summed E-state index contributed by atoms with van der Waals surface area (Å²) in [6.07, 6.45) is 0. The summed E-state index contributed by atoms with van der Waals surface area (Å²) in [6.45, 7) is 4.44. The third-order valence-corrected chi connectivity index (χ3v) is 5.18. The molecule has 0 radical (unpaired) electrons. The zero-order valence-corrected chi connectivity index (χ0v) is 16.3. The van der Waals surface area contributed by atoms with Crippen molar-refractivity contribution in [3.63, 3.8) is 0 Å². The van der Waals surface area contributed by atoms with E-state index in [1.165, 1.54) is 31.4 Å². The van der Waals surface area contributed by atoms with E-state index in [0.29, 0.717) is 12.3 Å². The number of methoxy groups -OCH3 is 1. The van der Waals surface area contributed by atoms with Crippen molar-refractivity contribution in [1.29, 1.82) is 0 Å². The largest absolute Gasteiger partial charge is 0.495 e. The fourth-order valence-corrected chi connectivity index (χ4v) is 3.61. The van der Waals surface area contributed by atoms with Gasteiger partial charge >= 0.3 is 0 Å². The molecule has 2 rings (SSSR count). The summed E-state index contributed by atoms with van der Waals surface area (Å²) in [6, 6.07) is 10.6. The van der Waals surface area contributed by atoms with Gasteiger partial charge in [0.05, 0.1) is 28.3 Å². The van der Waals surface area contributed by atoms with Crippen LogP contribution in [0, 0.1) is 5.92 Å². The Labute approximate surface area is 158 Å². The van der Waals surface area contributed by atoms with Crippen molar-refractivity contribution in [2.75, 3.05) is 18.4 Å². The molecule has 0 bridgehead atoms. The van der Waals surface area contributed by atoms with Crippen LogP contribution in [0.5, 0.6) is 5.75 Å². The molecule has 6 nitrogen and oxygen atoms in total. The third-order valence-electron chi connectivity index (χ3n) is 3.52. The van der Waals surface area contributed by atoms with Crippen LogP contribution < -0.4 is 14.8 Å². The predicted molar refractivity (Wildman–Crippen MR) is 102 cm³/mol. The Morgan fingerprint density at radius 1 is 1.19 bits per heavy atom. The molecular formula is C18H21ClN2O4S. The Balaban J connectivity index is 2.30. The number of rotatable bonds is 7. The molecule has 0 atom stereocenters. The highest BCUT2D eigenvalue weighted by Gasteiger charge is 2.20. The Morgan fingerprint density at radius 2 is 1.88 bits per heavy atom. The molecule has 2 aromatic carbocycles. The number of anilines is 1. The van der Waals surface area contributed by atoms with Crippen molar-refractivity contribution >= 4 is 33.2 Å². The van der Waals surface area contributed by atoms with Crippen LogP contribution in [0.1, 0.15) is 24.2 Å². The van der Waals surface area contributed by atoms with Gasteiger partial charge in [-0.1, -0.05) is 37.6 Å². The molecule has 26 heavy (non-hydrogen) atoms. The van der Waals surface area contributed by atoms with Gasteiger partial charge < -0.3 is 10.1 Å². The van der Waals surface area contributed by atoms with E-state index in [1.807, 2.05) is 13.8 Å². The molecule has 140 valence electrons. The van der Waals surface area contributed by atoms with Gasteiger partial charge in [-0.2, -0.15) is 0 Å². The number of para-hydroxylation sites is 1. The average Bonchev–Trinajstić information content (AvgIpc) is 2.59. The van der Waals surface area contributed by atoms with Crippen LogP contribution in [0.2, 0.25) is 5.02 Å². The first-order valence-electron chi connectivity index (χ1n) is 7.98. The topological polar surface area (TPSA) is 84.5 Å². The minimum absolute atomic E-state index is 0.0271. The monoisotopic (exact) mass is 396 g/mol. The van der Waals surface area contributed by atoms with Gasteiger partial charge in [-0.05, 0) is 36.2 Å². The minimum Gasteiger partial charge on any atom is -0.495 e. The highest BCUT2D eigenvalue weighted by Crippen LogP contribution is 2.28. The molecular weight excluding hydrogens is 376 g/mol. The zero-order chi connectivity index (χ0) is 19.3. The molecule has 0 fully saturated rings. The Morgan fingerprint density at radius 3 is 2.50 bits per heavy atom. The molecule has 0 aromatic heterocycles. The normalized spacial score (nSPS) is 11.3. The Bertz CT molecular complexity index is 898. The number of halogens is 1. The van der Waals surface area contributed by atoms with E-state index < -0.39 is 10.0 Å². The fourth-order valence-electron chi connectivity index (χ4n) is 2.18. The molecule has 0 aliphatic rings. The van der Waals surface area contributed by atoms with Gasteiger partial charge in [0.1, 0.15) is 5.75 Å². The quantitative estimate of drug-likeness (QED) is 0.749. The second kappa shape index (κ2) is 8.42. The van der Waals surface area contributed by atoms with Crippen molar-refractivity contribution in [2.24, 2.45) is 5.92 Å². The number of benzene rings is 2. The lowest BCUT2D eigenvalue weighted by atomic mass is 10.1. The molecule has 0 heterocycles. The van der Waals surface area contributed by atoms with Crippen molar-refractivity contribution in [2.45, 2.75) is 18.7 Å². The van der Waals surface area contributed by atoms with Gasteiger partial charge in [-0.3, -0.25) is 9.52 Å². The molecule has 0 aliphatic heterocycles. The number of amides is 1. The third kappa shape index (κ3) is 4.89. The first-order valence-corrected chi connectivity index (χ1v) is 9.84. The van der Waals surface area contributed by atoms with Gasteiger partial charge in [0, 0.05) is 6.54 Å². The van der Waals surface area contributed by atoms with Crippen LogP contribution in [0.25, 0.3) is 0 Å². The summed E-state index contributed by atoms with van der Waals surface area (Å²) in [7, 11) is -2.47. The summed E-state index contributed by atoms with van der Waals surface area (Å²) in [5, 5.41) is 2.96. The lowest BCUT2D eigenvalue weighted by Crippen LogP contribution is -2.28. The van der Waals surface area contributed by atoms with Gasteiger partial charge in [0.15, 0.2) is 0 Å². The maximum Gasteiger partial charge on any atom is 0.261 e. The van der Waals surface area contributed by atoms with Gasteiger partial charge in [-0.15, -0.1) is 0 Å². The van der Waals surface area contributed by atoms with Crippen molar-refractivity contribution < 1.29 is 17.9 Å². The van der Waals surface area contributed by atoms with Gasteiger partial charge in [0.2, 0.25) is 0 Å². The Kier molecular flexibility index (Phi) is 6.50. The molecule has 0 aliphatic carbocycles. The van der Waals surface area contributed by atoms with Crippen LogP contribution in [0.3, 0.4) is 0 Å². The summed E-state index contributed by atoms with van der Waals surface area (Å²) >= 11 is 6.01. The Hall–Kier alpha value is -2.25. The first kappa shape index (κ1) is 20.1. The van der Waals surface area contributed by atoms with Crippen LogP contribution in [0.4, 0.5) is 5.69 Å². The fraction of sp³-hybridized carbons (Fsp3) is 0.278. The molecule has 2 aromatic rings. The lowest BCUT2D eigenvalue weighted by molar-refractivity contribution is 0.0950. The van der Waals surface area contributed by atoms with E-state index in [2.05, 4.69) is 10.0 Å². The minimum atomic E-state index is -3.92. The number of nitrogens with one attached hydrogen (secondary N) is 2. The second-order valence-corrected chi connectivity index (χ2v) is 8.14. The highest BCUT2D eigenvalue weighted by molar-refractivity contribution is 7.92. The first-order chi connectivity index (χ1) is 12.2. The van der Waals surface area contributed by atoms with Gasteiger partial charge in [0.25, 0.3) is 15.9 Å². The summed E-state index contributed by atoms with van der Waals surface area (Å²) in [5.41, 5.74) is 0.442. The smallest absolute Gasteiger partial charge is 0.261 e. The van der Waals surface area contributed by atoms with Crippen LogP contribution in [-0.4, -0.2) is 28.0 Å². The maximum absolute atomic E-state index is 12.7. The molecule has 0 unspecified atom stereocenters. The van der Waals surface area contributed by atoms with Crippen molar-refractivity contribution in [1.82, 2.24) is 5.32 Å². The summed E-state index contributed by atoms with van der Waals surface area (Å²) in [5.74, 6) is 0.313. The van der Waals surface area contributed by atoms with Crippen LogP contribution >= 0.6 is 11.6 Å². The van der Waals surface area contributed by atoms with Crippen molar-refractivity contribution in [3.8, 4) is 5.75 Å². The molecule has 8 heteroatoms. The number of hydrogen-bond donors (Lipinski definition) is 2. The van der Waals surface area contributed by atoms with E-state index in [4.69, 9.17) is 16.3 Å². The molecule has 2 N–H and O–H groups in total. The SMILES string of the molecule is COc1ccc(S(=O)(=O)Nc2ccccc2C(=O)NCC(C)C)cc1Cl.